The molecule has 0 fully saturated rings. The van der Waals surface area contributed by atoms with Crippen LogP contribution in [0.4, 0.5) is 0 Å². The summed E-state index contributed by atoms with van der Waals surface area (Å²) < 4.78 is 0. The molecule has 24 aromatic rings. The molecule has 0 saturated heterocycles. The van der Waals surface area contributed by atoms with Crippen molar-refractivity contribution in [3.8, 4) is 89.8 Å². The quantitative estimate of drug-likeness (QED) is 0.100. The van der Waals surface area contributed by atoms with Gasteiger partial charge in [-0.15, -0.1) is 0 Å². The summed E-state index contributed by atoms with van der Waals surface area (Å²) in [7, 11) is 0. The van der Waals surface area contributed by atoms with Crippen LogP contribution in [0.1, 0.15) is 44.5 Å². The second kappa shape index (κ2) is 31.2. The number of pyridine rings is 3. The maximum Gasteiger partial charge on any atom is 0.164 e. The summed E-state index contributed by atoms with van der Waals surface area (Å²) in [5, 5.41) is 14.3. The molecule has 26 rings (SSSR count). The van der Waals surface area contributed by atoms with Gasteiger partial charge in [-0.25, -0.2) is 29.9 Å². The van der Waals surface area contributed by atoms with Gasteiger partial charge >= 0.3 is 0 Å². The number of nitrogens with zero attached hydrogens (tertiary/aromatic N) is 6. The lowest BCUT2D eigenvalue weighted by Gasteiger charge is -2.34. The van der Waals surface area contributed by atoms with E-state index in [0.29, 0.717) is 17.5 Å². The third-order valence-electron chi connectivity index (χ3n) is 26.3. The standard InChI is InChI=1S/2C42H27N.C38H24N4/c1-2-15-30(16-3-1)42(38-22-9-7-20-34(38)35-21-8-10-23-39(35)42)31-17-12-14-28(25-31)36-27-41-37(33-19-6-5-18-32(33)36)26-29-13-4-11-24-40(29)43-41;1-2-16-31(17-3-1)42(38-22-9-7-20-34(38)35-21-8-10-23-39(35)42)32-18-12-15-28(25-32)36-26-29-13-4-6-19-33(29)37-27-30-14-5-11-24-40(30)43-41(36)37;1-3-11-26(12-4-1)36-40-37(27-13-5-2-6-14-27)42-38(41-36)28-21-19-25(20-22-28)32-24-35-33(31-17-9-8-16-30(31)32)23-29-15-7-10-18-34(29)39-35/h2*1-27H;1-24H. The van der Waals surface area contributed by atoms with Gasteiger partial charge in [-0.1, -0.05) is 406 Å². The van der Waals surface area contributed by atoms with Gasteiger partial charge in [0.25, 0.3) is 0 Å². The maximum atomic E-state index is 5.28. The zero-order valence-corrected chi connectivity index (χ0v) is 69.7. The summed E-state index contributed by atoms with van der Waals surface area (Å²) in [6.45, 7) is 0. The number of hydrogen-bond donors (Lipinski definition) is 0. The third-order valence-corrected chi connectivity index (χ3v) is 26.3. The van der Waals surface area contributed by atoms with Crippen LogP contribution in [0.15, 0.2) is 473 Å². The Morgan fingerprint density at radius 2 is 0.445 bits per heavy atom. The SMILES string of the molecule is c1ccc(-c2nc(-c3ccccc3)nc(-c3ccc(-c4cc5nc6ccccc6cc5c5ccccc45)cc3)n2)cc1.c1ccc(C2(c3cccc(-c4cc5ccccc5c5cc6ccccc6nc45)c3)c3ccccc3-c3ccccc32)cc1.c1ccc(C2(c3cccc(-c4cc5nc6ccccc6cc5c5ccccc45)c3)c3ccccc3-c3ccccc32)cc1. The number of benzene rings is 20. The molecule has 4 aromatic heterocycles. The fraction of sp³-hybridized carbons (Fsp3) is 0.0164. The highest BCUT2D eigenvalue weighted by Gasteiger charge is 2.48. The van der Waals surface area contributed by atoms with Gasteiger partial charge in [0.1, 0.15) is 0 Å². The van der Waals surface area contributed by atoms with Crippen LogP contribution in [0, 0.1) is 0 Å². The minimum absolute atomic E-state index is 0.425. The molecule has 2 aliphatic carbocycles. The number of aromatic nitrogens is 6. The van der Waals surface area contributed by atoms with Crippen LogP contribution < -0.4 is 0 Å². The summed E-state index contributed by atoms with van der Waals surface area (Å²) in [6.07, 6.45) is 0. The Labute approximate surface area is 740 Å². The summed E-state index contributed by atoms with van der Waals surface area (Å²) in [6, 6.07) is 169. The molecule has 0 amide bonds. The van der Waals surface area contributed by atoms with Gasteiger partial charge in [0, 0.05) is 54.6 Å². The number of fused-ring (bicyclic) bond motifs is 18. The van der Waals surface area contributed by atoms with E-state index in [1.54, 1.807) is 0 Å². The van der Waals surface area contributed by atoms with E-state index in [0.717, 1.165) is 82.6 Å². The Morgan fingerprint density at radius 1 is 0.141 bits per heavy atom. The molecule has 128 heavy (non-hydrogen) atoms. The molecule has 0 bridgehead atoms. The number of rotatable bonds is 10. The highest BCUT2D eigenvalue weighted by Crippen LogP contribution is 2.59. The fourth-order valence-corrected chi connectivity index (χ4v) is 20.6. The van der Waals surface area contributed by atoms with Crippen molar-refractivity contribution in [2.45, 2.75) is 10.8 Å². The van der Waals surface area contributed by atoms with Gasteiger partial charge in [-0.05, 0) is 194 Å². The second-order valence-electron chi connectivity index (χ2n) is 33.3. The van der Waals surface area contributed by atoms with E-state index < -0.39 is 10.8 Å². The minimum Gasteiger partial charge on any atom is -0.248 e. The van der Waals surface area contributed by atoms with Crippen molar-refractivity contribution in [3.63, 3.8) is 0 Å². The molecule has 0 aliphatic heterocycles. The zero-order valence-electron chi connectivity index (χ0n) is 69.7. The fourth-order valence-electron chi connectivity index (χ4n) is 20.6. The molecular weight excluding hydrogens is 1550 g/mol. The average Bonchev–Trinajstić information content (AvgIpc) is 1.53. The van der Waals surface area contributed by atoms with Crippen molar-refractivity contribution in [1.82, 2.24) is 29.9 Å². The smallest absolute Gasteiger partial charge is 0.164 e. The van der Waals surface area contributed by atoms with Gasteiger partial charge in [0.15, 0.2) is 17.5 Å². The number of para-hydroxylation sites is 3. The van der Waals surface area contributed by atoms with E-state index in [1.165, 1.54) is 132 Å². The van der Waals surface area contributed by atoms with Crippen LogP contribution in [0.3, 0.4) is 0 Å². The molecule has 2 aliphatic rings. The van der Waals surface area contributed by atoms with Crippen molar-refractivity contribution in [3.05, 3.63) is 518 Å². The van der Waals surface area contributed by atoms with Crippen LogP contribution >= 0.6 is 0 Å². The molecule has 596 valence electrons. The normalized spacial score (nSPS) is 12.7. The summed E-state index contributed by atoms with van der Waals surface area (Å²) >= 11 is 0. The molecule has 0 radical (unpaired) electrons. The predicted octanol–water partition coefficient (Wildman–Crippen LogP) is 30.5. The van der Waals surface area contributed by atoms with Gasteiger partial charge in [0.2, 0.25) is 0 Å². The molecule has 0 unspecified atom stereocenters. The lowest BCUT2D eigenvalue weighted by Crippen LogP contribution is -2.28. The van der Waals surface area contributed by atoms with Crippen molar-refractivity contribution in [2.75, 3.05) is 0 Å². The summed E-state index contributed by atoms with van der Waals surface area (Å²) in [4.78, 5) is 30.0. The monoisotopic (exact) mass is 1630 g/mol. The molecule has 20 aromatic carbocycles. The first-order valence-corrected chi connectivity index (χ1v) is 43.8. The highest BCUT2D eigenvalue weighted by molar-refractivity contribution is 6.18. The Balaban J connectivity index is 0.000000107. The largest absolute Gasteiger partial charge is 0.248 e. The maximum absolute atomic E-state index is 5.28. The van der Waals surface area contributed by atoms with Crippen LogP contribution in [-0.2, 0) is 10.8 Å². The molecule has 0 atom stereocenters. The lowest BCUT2D eigenvalue weighted by molar-refractivity contribution is 0.769. The van der Waals surface area contributed by atoms with Crippen LogP contribution in [0.5, 0.6) is 0 Å². The predicted molar refractivity (Wildman–Crippen MR) is 531 cm³/mol. The van der Waals surface area contributed by atoms with Crippen molar-refractivity contribution < 1.29 is 0 Å². The zero-order chi connectivity index (χ0) is 84.6. The van der Waals surface area contributed by atoms with Gasteiger partial charge in [-0.2, -0.15) is 0 Å². The number of hydrogen-bond acceptors (Lipinski definition) is 6. The van der Waals surface area contributed by atoms with E-state index in [4.69, 9.17) is 29.9 Å². The molecule has 0 spiro atoms. The van der Waals surface area contributed by atoms with Gasteiger partial charge in [0.05, 0.1) is 43.9 Å². The summed E-state index contributed by atoms with van der Waals surface area (Å²) in [5.74, 6) is 1.95. The first kappa shape index (κ1) is 75.0. The van der Waals surface area contributed by atoms with Crippen LogP contribution in [-0.4, -0.2) is 29.9 Å². The average molecular weight is 1630 g/mol. The van der Waals surface area contributed by atoms with Gasteiger partial charge in [-0.3, -0.25) is 0 Å². The molecule has 6 nitrogen and oxygen atoms in total. The second-order valence-corrected chi connectivity index (χ2v) is 33.3. The van der Waals surface area contributed by atoms with E-state index in [9.17, 15) is 0 Å². The molecule has 6 heteroatoms. The Hall–Kier alpha value is -16.8. The first-order chi connectivity index (χ1) is 63.4. The van der Waals surface area contributed by atoms with Crippen LogP contribution in [0.25, 0.3) is 188 Å². The highest BCUT2D eigenvalue weighted by atomic mass is 15.0. The Bertz CT molecular complexity index is 8360. The van der Waals surface area contributed by atoms with E-state index in [-0.39, 0.29) is 0 Å². The molecular formula is C122H78N6. The lowest BCUT2D eigenvalue weighted by atomic mass is 9.67. The Kier molecular flexibility index (Phi) is 18.3. The van der Waals surface area contributed by atoms with Crippen LogP contribution in [0.2, 0.25) is 0 Å². The van der Waals surface area contributed by atoms with E-state index in [2.05, 4.69) is 406 Å². The first-order valence-electron chi connectivity index (χ1n) is 43.8. The van der Waals surface area contributed by atoms with E-state index >= 15 is 0 Å². The third kappa shape index (κ3) is 12.5. The van der Waals surface area contributed by atoms with E-state index in [1.807, 2.05) is 66.7 Å². The Morgan fingerprint density at radius 3 is 0.883 bits per heavy atom. The molecule has 4 heterocycles. The van der Waals surface area contributed by atoms with Crippen molar-refractivity contribution in [2.24, 2.45) is 0 Å². The van der Waals surface area contributed by atoms with Crippen molar-refractivity contribution in [1.29, 1.82) is 0 Å². The topological polar surface area (TPSA) is 77.3 Å². The molecule has 0 N–H and O–H groups in total. The summed E-state index contributed by atoms with van der Waals surface area (Å²) in [5.41, 5.74) is 30.7. The minimum atomic E-state index is -0.433. The molecule has 0 saturated carbocycles. The van der Waals surface area contributed by atoms with Crippen molar-refractivity contribution >= 4 is 97.7 Å². The van der Waals surface area contributed by atoms with Gasteiger partial charge < -0.3 is 0 Å².